The van der Waals surface area contributed by atoms with Crippen LogP contribution in [-0.4, -0.2) is 53.0 Å². The molecule has 0 spiro atoms. The van der Waals surface area contributed by atoms with Gasteiger partial charge >= 0.3 is 0 Å². The number of amides is 1. The molecule has 192 valence electrons. The molecule has 0 aliphatic heterocycles. The lowest BCUT2D eigenvalue weighted by molar-refractivity contribution is -0.137. The molecule has 0 aromatic carbocycles. The van der Waals surface area contributed by atoms with Crippen LogP contribution in [0.25, 0.3) is 0 Å². The zero-order chi connectivity index (χ0) is 25.4. The lowest BCUT2D eigenvalue weighted by Gasteiger charge is -2.45. The van der Waals surface area contributed by atoms with Gasteiger partial charge in [0.2, 0.25) is 5.91 Å². The van der Waals surface area contributed by atoms with E-state index in [0.717, 1.165) is 12.8 Å². The SMILES string of the molecule is CCCCCCCC[C@@H](O)[C@H](O[Si](C)(C)C(C)(C)C)[C@@H](O[Si](C)(C)C(C)(C)C)C(=O)NC. The molecule has 7 heteroatoms. The van der Waals surface area contributed by atoms with E-state index in [1.165, 1.54) is 25.7 Å². The van der Waals surface area contributed by atoms with Crippen molar-refractivity contribution in [1.82, 2.24) is 5.32 Å². The van der Waals surface area contributed by atoms with Crippen LogP contribution in [-0.2, 0) is 13.6 Å². The molecular formula is C25H55NO4Si2. The van der Waals surface area contributed by atoms with Gasteiger partial charge < -0.3 is 19.3 Å². The van der Waals surface area contributed by atoms with Crippen molar-refractivity contribution in [2.45, 2.75) is 148 Å². The molecule has 3 atom stereocenters. The van der Waals surface area contributed by atoms with Gasteiger partial charge in [-0.2, -0.15) is 0 Å². The Morgan fingerprint density at radius 2 is 1.28 bits per heavy atom. The first kappa shape index (κ1) is 31.8. The van der Waals surface area contributed by atoms with Crippen molar-refractivity contribution in [3.8, 4) is 0 Å². The monoisotopic (exact) mass is 489 g/mol. The molecular weight excluding hydrogens is 434 g/mol. The third-order valence-corrected chi connectivity index (χ3v) is 16.4. The molecule has 0 radical (unpaired) electrons. The zero-order valence-corrected chi connectivity index (χ0v) is 25.4. The van der Waals surface area contributed by atoms with Crippen LogP contribution in [0.3, 0.4) is 0 Å². The third kappa shape index (κ3) is 9.96. The Morgan fingerprint density at radius 1 is 0.844 bits per heavy atom. The summed E-state index contributed by atoms with van der Waals surface area (Å²) in [5.74, 6) is -0.208. The van der Waals surface area contributed by atoms with Crippen LogP contribution in [0.2, 0.25) is 36.3 Å². The summed E-state index contributed by atoms with van der Waals surface area (Å²) in [5, 5.41) is 14.0. The second-order valence-electron chi connectivity index (χ2n) is 12.4. The first-order chi connectivity index (χ1) is 14.4. The van der Waals surface area contributed by atoms with E-state index in [1.807, 2.05) is 0 Å². The number of likely N-dealkylation sites (N-methyl/N-ethyl adjacent to an activating group) is 1. The number of nitrogens with one attached hydrogen (secondary N) is 1. The van der Waals surface area contributed by atoms with E-state index in [1.54, 1.807) is 7.05 Å². The van der Waals surface area contributed by atoms with Gasteiger partial charge in [0, 0.05) is 7.05 Å². The summed E-state index contributed by atoms with van der Waals surface area (Å²) in [7, 11) is -2.88. The number of rotatable bonds is 14. The molecule has 0 bridgehead atoms. The van der Waals surface area contributed by atoms with E-state index in [-0.39, 0.29) is 16.0 Å². The van der Waals surface area contributed by atoms with Crippen LogP contribution < -0.4 is 5.32 Å². The Bertz CT molecular complexity index is 553. The summed E-state index contributed by atoms with van der Waals surface area (Å²) in [5.41, 5.74) is 0. The van der Waals surface area contributed by atoms with Crippen LogP contribution >= 0.6 is 0 Å². The van der Waals surface area contributed by atoms with Gasteiger partial charge in [-0.15, -0.1) is 0 Å². The number of unbranched alkanes of at least 4 members (excludes halogenated alkanes) is 5. The van der Waals surface area contributed by atoms with Gasteiger partial charge in [0.25, 0.3) is 0 Å². The highest BCUT2D eigenvalue weighted by molar-refractivity contribution is 6.74. The lowest BCUT2D eigenvalue weighted by Crippen LogP contribution is -2.59. The Hall–Kier alpha value is -0.216. The number of carbonyl (C=O) groups excluding carboxylic acids is 1. The van der Waals surface area contributed by atoms with Crippen LogP contribution in [0.15, 0.2) is 0 Å². The molecule has 0 aliphatic carbocycles. The molecule has 2 N–H and O–H groups in total. The van der Waals surface area contributed by atoms with Gasteiger partial charge in [-0.3, -0.25) is 4.79 Å². The largest absolute Gasteiger partial charge is 0.408 e. The average Bonchev–Trinajstić information content (AvgIpc) is 2.64. The molecule has 1 amide bonds. The standard InChI is InChI=1S/C25H55NO4Si2/c1-13-14-15-16-17-18-19-20(27)21(29-31(9,10)24(2,3)4)22(23(28)26-8)30-32(11,12)25(5,6)7/h20-22,27H,13-19H2,1-12H3,(H,26,28)/t20-,21+,22-/m1/s1. The first-order valence-electron chi connectivity index (χ1n) is 12.7. The Labute approximate surface area is 201 Å². The van der Waals surface area contributed by atoms with E-state index in [2.05, 4.69) is 80.0 Å². The minimum atomic E-state index is -2.27. The lowest BCUT2D eigenvalue weighted by atomic mass is 10.0. The highest BCUT2D eigenvalue weighted by Gasteiger charge is 2.48. The number of hydrogen-bond acceptors (Lipinski definition) is 4. The van der Waals surface area contributed by atoms with Crippen molar-refractivity contribution in [3.63, 3.8) is 0 Å². The van der Waals surface area contributed by atoms with Crippen molar-refractivity contribution in [1.29, 1.82) is 0 Å². The molecule has 0 saturated heterocycles. The number of aliphatic hydroxyl groups is 1. The molecule has 0 aliphatic rings. The molecule has 0 fully saturated rings. The maximum absolute atomic E-state index is 13.1. The predicted octanol–water partition coefficient (Wildman–Crippen LogP) is 6.62. The summed E-state index contributed by atoms with van der Waals surface area (Å²) in [4.78, 5) is 13.1. The molecule has 0 saturated carbocycles. The van der Waals surface area contributed by atoms with Gasteiger partial charge in [0.1, 0.15) is 6.10 Å². The van der Waals surface area contributed by atoms with Crippen molar-refractivity contribution in [3.05, 3.63) is 0 Å². The highest BCUT2D eigenvalue weighted by atomic mass is 28.4. The fourth-order valence-electron chi connectivity index (χ4n) is 3.06. The van der Waals surface area contributed by atoms with Crippen LogP contribution in [0.1, 0.15) is 93.4 Å². The molecule has 32 heavy (non-hydrogen) atoms. The average molecular weight is 490 g/mol. The maximum Gasteiger partial charge on any atom is 0.250 e. The summed E-state index contributed by atoms with van der Waals surface area (Å²) in [6.45, 7) is 23.9. The number of carbonyl (C=O) groups is 1. The summed E-state index contributed by atoms with van der Waals surface area (Å²) >= 11 is 0. The molecule has 0 rings (SSSR count). The fourth-order valence-corrected chi connectivity index (χ4v) is 5.61. The smallest absolute Gasteiger partial charge is 0.250 e. The minimum absolute atomic E-state index is 0.0324. The highest BCUT2D eigenvalue weighted by Crippen LogP contribution is 2.41. The van der Waals surface area contributed by atoms with Crippen molar-refractivity contribution in [2.24, 2.45) is 0 Å². The Kier molecular flexibility index (Phi) is 12.9. The van der Waals surface area contributed by atoms with E-state index >= 15 is 0 Å². The molecule has 0 aromatic rings. The second kappa shape index (κ2) is 13.0. The Balaban J connectivity index is 5.82. The summed E-state index contributed by atoms with van der Waals surface area (Å²) in [6, 6.07) is 0. The van der Waals surface area contributed by atoms with Gasteiger partial charge in [0.05, 0.1) is 6.10 Å². The zero-order valence-electron chi connectivity index (χ0n) is 23.4. The van der Waals surface area contributed by atoms with Crippen molar-refractivity contribution < 1.29 is 18.8 Å². The van der Waals surface area contributed by atoms with E-state index < -0.39 is 34.9 Å². The first-order valence-corrected chi connectivity index (χ1v) is 18.5. The van der Waals surface area contributed by atoms with E-state index in [9.17, 15) is 9.90 Å². The predicted molar refractivity (Wildman–Crippen MR) is 142 cm³/mol. The minimum Gasteiger partial charge on any atom is -0.408 e. The van der Waals surface area contributed by atoms with Gasteiger partial charge in [0.15, 0.2) is 22.7 Å². The van der Waals surface area contributed by atoms with E-state index in [0.29, 0.717) is 6.42 Å². The second-order valence-corrected chi connectivity index (χ2v) is 21.9. The van der Waals surface area contributed by atoms with Crippen LogP contribution in [0.4, 0.5) is 0 Å². The van der Waals surface area contributed by atoms with Crippen LogP contribution in [0, 0.1) is 0 Å². The summed E-state index contributed by atoms with van der Waals surface area (Å²) < 4.78 is 13.3. The topological polar surface area (TPSA) is 67.8 Å². The summed E-state index contributed by atoms with van der Waals surface area (Å²) in [6.07, 6.45) is 5.36. The number of hydrogen-bond donors (Lipinski definition) is 2. The quantitative estimate of drug-likeness (QED) is 0.212. The maximum atomic E-state index is 13.1. The van der Waals surface area contributed by atoms with Crippen molar-refractivity contribution >= 4 is 22.5 Å². The Morgan fingerprint density at radius 3 is 1.72 bits per heavy atom. The van der Waals surface area contributed by atoms with Gasteiger partial charge in [-0.1, -0.05) is 87.0 Å². The molecule has 0 aromatic heterocycles. The molecule has 0 heterocycles. The third-order valence-electron chi connectivity index (χ3n) is 7.50. The molecule has 0 unspecified atom stereocenters. The number of aliphatic hydroxyl groups excluding tert-OH is 1. The van der Waals surface area contributed by atoms with E-state index in [4.69, 9.17) is 8.85 Å². The molecule has 5 nitrogen and oxygen atoms in total. The van der Waals surface area contributed by atoms with Crippen LogP contribution in [0.5, 0.6) is 0 Å². The van der Waals surface area contributed by atoms with Crippen molar-refractivity contribution in [2.75, 3.05) is 7.05 Å². The normalized spacial score (nSPS) is 16.5. The van der Waals surface area contributed by atoms with Gasteiger partial charge in [-0.05, 0) is 42.7 Å². The fraction of sp³-hybridized carbons (Fsp3) is 0.960. The van der Waals surface area contributed by atoms with Gasteiger partial charge in [-0.25, -0.2) is 0 Å².